The molecule has 8 heteroatoms. The van der Waals surface area contributed by atoms with Crippen LogP contribution in [0.3, 0.4) is 0 Å². The average Bonchev–Trinajstić information content (AvgIpc) is 3.32. The van der Waals surface area contributed by atoms with Crippen molar-refractivity contribution in [1.82, 2.24) is 19.7 Å². The quantitative estimate of drug-likeness (QED) is 0.577. The van der Waals surface area contributed by atoms with Crippen molar-refractivity contribution in [2.45, 2.75) is 13.5 Å². The molecule has 26 heavy (non-hydrogen) atoms. The van der Waals surface area contributed by atoms with E-state index in [4.69, 9.17) is 0 Å². The first-order valence-electron chi connectivity index (χ1n) is 8.03. The van der Waals surface area contributed by atoms with Crippen molar-refractivity contribution in [1.29, 1.82) is 0 Å². The van der Waals surface area contributed by atoms with Crippen LogP contribution in [0.15, 0.2) is 48.1 Å². The van der Waals surface area contributed by atoms with Gasteiger partial charge < -0.3 is 10.4 Å². The summed E-state index contributed by atoms with van der Waals surface area (Å²) in [5.41, 5.74) is 1.79. The summed E-state index contributed by atoms with van der Waals surface area (Å²) in [5, 5.41) is 19.5. The molecule has 4 aromatic heterocycles. The Morgan fingerprint density at radius 1 is 1.35 bits per heavy atom. The maximum atomic E-state index is 12.9. The monoisotopic (exact) mass is 365 g/mol. The molecule has 4 rings (SSSR count). The third-order valence-corrected chi connectivity index (χ3v) is 4.84. The zero-order chi connectivity index (χ0) is 18.1. The van der Waals surface area contributed by atoms with Gasteiger partial charge in [0, 0.05) is 12.7 Å². The lowest BCUT2D eigenvalue weighted by molar-refractivity contribution is 0.102. The number of nitrogens with one attached hydrogen (secondary N) is 1. The lowest BCUT2D eigenvalue weighted by Crippen LogP contribution is -2.14. The predicted octanol–water partition coefficient (Wildman–Crippen LogP) is 3.53. The average molecular weight is 365 g/mol. The van der Waals surface area contributed by atoms with Crippen LogP contribution in [0.2, 0.25) is 0 Å². The number of thiophene rings is 1. The van der Waals surface area contributed by atoms with Crippen LogP contribution in [0.1, 0.15) is 17.3 Å². The number of nitrogens with zero attached hydrogens (tertiary/aromatic N) is 4. The van der Waals surface area contributed by atoms with E-state index < -0.39 is 0 Å². The Kier molecular flexibility index (Phi) is 4.10. The molecule has 7 nitrogen and oxygen atoms in total. The molecule has 0 atom stereocenters. The molecule has 0 spiro atoms. The summed E-state index contributed by atoms with van der Waals surface area (Å²) in [4.78, 5) is 22.5. The first-order chi connectivity index (χ1) is 12.7. The number of aromatic nitrogens is 4. The van der Waals surface area contributed by atoms with Gasteiger partial charge in [0.15, 0.2) is 17.2 Å². The topological polar surface area (TPSA) is 92.9 Å². The van der Waals surface area contributed by atoms with Gasteiger partial charge in [-0.3, -0.25) is 4.79 Å². The van der Waals surface area contributed by atoms with E-state index in [0.29, 0.717) is 28.8 Å². The molecule has 2 N–H and O–H groups in total. The fraction of sp³-hybridized carbons (Fsp3) is 0.111. The molecule has 0 saturated carbocycles. The maximum absolute atomic E-state index is 12.9. The number of amides is 1. The molecule has 0 radical (unpaired) electrons. The minimum atomic E-state index is -0.375. The second kappa shape index (κ2) is 6.57. The number of hydrogen-bond acceptors (Lipinski definition) is 6. The molecule has 0 bridgehead atoms. The van der Waals surface area contributed by atoms with E-state index in [0.717, 1.165) is 4.88 Å². The highest BCUT2D eigenvalue weighted by atomic mass is 32.1. The number of pyridine rings is 2. The number of carbonyl (C=O) groups is 1. The van der Waals surface area contributed by atoms with Crippen molar-refractivity contribution < 1.29 is 9.90 Å². The second-order valence-electron chi connectivity index (χ2n) is 5.56. The molecule has 4 heterocycles. The van der Waals surface area contributed by atoms with E-state index in [2.05, 4.69) is 20.4 Å². The van der Waals surface area contributed by atoms with E-state index in [-0.39, 0.29) is 17.5 Å². The van der Waals surface area contributed by atoms with E-state index in [9.17, 15) is 9.90 Å². The van der Waals surface area contributed by atoms with Crippen molar-refractivity contribution in [3.05, 3.63) is 53.7 Å². The molecular weight excluding hydrogens is 350 g/mol. The Balaban J connectivity index is 1.84. The molecule has 0 fully saturated rings. The number of fused-ring (bicyclic) bond motifs is 1. The molecule has 4 aromatic rings. The summed E-state index contributed by atoms with van der Waals surface area (Å²) >= 11 is 1.55. The van der Waals surface area contributed by atoms with Crippen LogP contribution >= 0.6 is 11.3 Å². The van der Waals surface area contributed by atoms with Gasteiger partial charge in [0.2, 0.25) is 0 Å². The summed E-state index contributed by atoms with van der Waals surface area (Å²) in [7, 11) is 0. The van der Waals surface area contributed by atoms with Crippen molar-refractivity contribution >= 4 is 34.1 Å². The van der Waals surface area contributed by atoms with Crippen LogP contribution in [0, 0.1) is 0 Å². The van der Waals surface area contributed by atoms with E-state index in [1.807, 2.05) is 24.4 Å². The van der Waals surface area contributed by atoms with Crippen LogP contribution in [0.5, 0.6) is 5.75 Å². The van der Waals surface area contributed by atoms with E-state index in [1.54, 1.807) is 34.3 Å². The Morgan fingerprint density at radius 3 is 2.96 bits per heavy atom. The number of carbonyl (C=O) groups excluding carboxylic acids is 1. The summed E-state index contributed by atoms with van der Waals surface area (Å²) < 4.78 is 1.75. The van der Waals surface area contributed by atoms with Gasteiger partial charge in [0.25, 0.3) is 5.91 Å². The molecule has 0 aromatic carbocycles. The Morgan fingerprint density at radius 2 is 2.23 bits per heavy atom. The smallest absolute Gasteiger partial charge is 0.257 e. The van der Waals surface area contributed by atoms with Gasteiger partial charge in [-0.25, -0.2) is 14.6 Å². The van der Waals surface area contributed by atoms with Crippen molar-refractivity contribution in [3.63, 3.8) is 0 Å². The van der Waals surface area contributed by atoms with E-state index >= 15 is 0 Å². The van der Waals surface area contributed by atoms with Gasteiger partial charge >= 0.3 is 0 Å². The van der Waals surface area contributed by atoms with Gasteiger partial charge in [0.1, 0.15) is 0 Å². The minimum absolute atomic E-state index is 0.0890. The molecule has 0 unspecified atom stereocenters. The van der Waals surface area contributed by atoms with Crippen LogP contribution < -0.4 is 5.32 Å². The van der Waals surface area contributed by atoms with E-state index in [1.165, 1.54) is 12.3 Å². The minimum Gasteiger partial charge on any atom is -0.504 e. The first-order valence-corrected chi connectivity index (χ1v) is 8.91. The summed E-state index contributed by atoms with van der Waals surface area (Å²) in [6.07, 6.45) is 3.14. The molecule has 1 amide bonds. The number of rotatable bonds is 4. The largest absolute Gasteiger partial charge is 0.504 e. The van der Waals surface area contributed by atoms with Crippen LogP contribution in [-0.2, 0) is 6.54 Å². The maximum Gasteiger partial charge on any atom is 0.257 e. The SMILES string of the molecule is CCn1ncc2c(C(=O)Nc3ncccc3O)cc(-c3cccs3)nc21. The van der Waals surface area contributed by atoms with Crippen LogP contribution in [0.25, 0.3) is 21.6 Å². The van der Waals surface area contributed by atoms with Crippen LogP contribution in [-0.4, -0.2) is 30.8 Å². The molecule has 0 saturated heterocycles. The Labute approximate surface area is 153 Å². The first kappa shape index (κ1) is 16.2. The van der Waals surface area contributed by atoms with Gasteiger partial charge in [-0.05, 0) is 36.6 Å². The van der Waals surface area contributed by atoms with Gasteiger partial charge in [-0.15, -0.1) is 11.3 Å². The van der Waals surface area contributed by atoms with Crippen molar-refractivity contribution in [2.24, 2.45) is 0 Å². The van der Waals surface area contributed by atoms with Gasteiger partial charge in [-0.2, -0.15) is 5.10 Å². The lowest BCUT2D eigenvalue weighted by atomic mass is 10.1. The highest BCUT2D eigenvalue weighted by molar-refractivity contribution is 7.13. The number of anilines is 1. The fourth-order valence-electron chi connectivity index (χ4n) is 2.69. The number of hydrogen-bond donors (Lipinski definition) is 2. The Bertz CT molecular complexity index is 1090. The third kappa shape index (κ3) is 2.80. The second-order valence-corrected chi connectivity index (χ2v) is 6.50. The third-order valence-electron chi connectivity index (χ3n) is 3.95. The van der Waals surface area contributed by atoms with Crippen molar-refractivity contribution in [3.8, 4) is 16.3 Å². The molecule has 0 aliphatic rings. The van der Waals surface area contributed by atoms with Gasteiger partial charge in [-0.1, -0.05) is 6.07 Å². The normalized spacial score (nSPS) is 11.0. The number of aryl methyl sites for hydroxylation is 1. The van der Waals surface area contributed by atoms with Crippen molar-refractivity contribution in [2.75, 3.05) is 5.32 Å². The lowest BCUT2D eigenvalue weighted by Gasteiger charge is -2.09. The zero-order valence-electron chi connectivity index (χ0n) is 13.9. The highest BCUT2D eigenvalue weighted by Crippen LogP contribution is 2.29. The molecule has 0 aliphatic carbocycles. The fourth-order valence-corrected chi connectivity index (χ4v) is 3.37. The number of aromatic hydroxyl groups is 1. The molecule has 0 aliphatic heterocycles. The highest BCUT2D eigenvalue weighted by Gasteiger charge is 2.18. The standard InChI is InChI=1S/C18H15N5O2S/c1-2-23-17-12(10-20-23)11(9-13(21-17)15-6-4-8-26-15)18(25)22-16-14(24)5-3-7-19-16/h3-10,24H,2H2,1H3,(H,19,22,25). The zero-order valence-corrected chi connectivity index (χ0v) is 14.7. The Hall–Kier alpha value is -3.26. The van der Waals surface area contributed by atoms with Crippen LogP contribution in [0.4, 0.5) is 5.82 Å². The summed E-state index contributed by atoms with van der Waals surface area (Å²) in [5.74, 6) is -0.350. The summed E-state index contributed by atoms with van der Waals surface area (Å²) in [6.45, 7) is 2.62. The summed E-state index contributed by atoms with van der Waals surface area (Å²) in [6, 6.07) is 8.70. The molecular formula is C18H15N5O2S. The van der Waals surface area contributed by atoms with Gasteiger partial charge in [0.05, 0.1) is 27.7 Å². The predicted molar refractivity (Wildman–Crippen MR) is 100 cm³/mol. The molecule has 130 valence electrons.